The van der Waals surface area contributed by atoms with Gasteiger partial charge in [-0.2, -0.15) is 0 Å². The fourth-order valence-corrected chi connectivity index (χ4v) is 11.2. The van der Waals surface area contributed by atoms with Crippen molar-refractivity contribution in [2.75, 3.05) is 103 Å². The van der Waals surface area contributed by atoms with Crippen molar-refractivity contribution < 1.29 is 75.4 Å². The molecular formula is C118H162ClFO15. The van der Waals surface area contributed by atoms with Gasteiger partial charge in [-0.1, -0.05) is 293 Å². The van der Waals surface area contributed by atoms with Crippen LogP contribution in [0.1, 0.15) is 190 Å². The van der Waals surface area contributed by atoms with E-state index in [0.717, 1.165) is 128 Å². The normalized spacial score (nSPS) is 9.84. The van der Waals surface area contributed by atoms with E-state index < -0.39 is 0 Å². The standard InChI is InChI=1S/C12H18O2.C12H18O.C11H16O2.C11H16O.C10H14O2.C10H14O.4C9H12O.C8H9ClO.C8H9FO/c1-3-4-9-14-12-7-5-11(6-8-12)10-13-2;1-3-4-5-10-13-12-8-6-11(2)7-9-12;1-3-8-13-11-6-4-10(5-7-11)9-12-2;1-3-4-9-12-11-7-5-10(2)6-8-11;1-3-12-10-6-4-9(5-7-10)8-11-2;1-3-8-11-10-6-4-9(2)5-7-10;3*1-8-3-5-9(6-4-8)7-10-2;1-3-10-9-6-4-8(2)5-7-9;2*1-10-6-7-2-4-8(9)5-3-7/h5-8H,3-4,9-10H2,1-2H3;6-9H,3-5,10H2,1-2H3;4-7H,3,8-9H2,1-2H3;5-8H,3-4,9H2,1-2H3;4-7H,3,8H2,1-2H3;4-7H,3,8H2,1-2H3;3*3-6H,7H2,1-2H3;4-7H,3H2,1-2H3;2*2-5H,6H2,1H3. The summed E-state index contributed by atoms with van der Waals surface area (Å²) in [7, 11) is 13.5. The highest BCUT2D eigenvalue weighted by atomic mass is 35.5. The molecule has 135 heavy (non-hydrogen) atoms. The third-order valence-electron chi connectivity index (χ3n) is 18.6. The fraction of sp³-hybridized carbons (Fsp3) is 0.390. The maximum Gasteiger partial charge on any atom is 0.123 e. The second-order valence-electron chi connectivity index (χ2n) is 31.4. The Morgan fingerprint density at radius 3 is 0.541 bits per heavy atom. The van der Waals surface area contributed by atoms with Gasteiger partial charge in [-0.3, -0.25) is 0 Å². The van der Waals surface area contributed by atoms with Crippen LogP contribution in [0.15, 0.2) is 291 Å². The maximum atomic E-state index is 12.3. The van der Waals surface area contributed by atoms with E-state index >= 15 is 0 Å². The summed E-state index contributed by atoms with van der Waals surface area (Å²) in [4.78, 5) is 0. The van der Waals surface area contributed by atoms with Crippen LogP contribution in [-0.2, 0) is 90.7 Å². The predicted octanol–water partition coefficient (Wildman–Crippen LogP) is 30.7. The number of aryl methyl sites for hydroxylation is 7. The molecule has 738 valence electrons. The number of benzene rings is 12. The number of ether oxygens (including phenoxy) is 15. The van der Waals surface area contributed by atoms with Crippen LogP contribution in [-0.4, -0.2) is 103 Å². The molecule has 12 rings (SSSR count). The van der Waals surface area contributed by atoms with Gasteiger partial charge in [0.1, 0.15) is 46.1 Å². The van der Waals surface area contributed by atoms with Gasteiger partial charge in [0, 0.05) is 61.9 Å². The Morgan fingerprint density at radius 2 is 0.348 bits per heavy atom. The summed E-state index contributed by atoms with van der Waals surface area (Å²) in [5, 5.41) is 0.764. The van der Waals surface area contributed by atoms with E-state index in [1.54, 1.807) is 69.0 Å². The SMILES string of the molecule is CCCCCOc1ccc(C)cc1.CCCCOc1ccc(C)cc1.CCCCOc1ccc(COC)cc1.CCCOc1ccc(C)cc1.CCCOc1ccc(COC)cc1.CCOc1ccc(C)cc1.CCOc1ccc(COC)cc1.COCc1ccc(C)cc1.COCc1ccc(C)cc1.COCc1ccc(C)cc1.COCc1ccc(Cl)cc1.COCc1ccc(F)cc1. The van der Waals surface area contributed by atoms with Gasteiger partial charge in [0.05, 0.1) is 99.1 Å². The average molecular weight is 1880 g/mol. The van der Waals surface area contributed by atoms with Crippen LogP contribution in [0, 0.1) is 54.3 Å². The molecule has 0 unspecified atom stereocenters. The van der Waals surface area contributed by atoms with E-state index in [1.165, 1.54) is 110 Å². The van der Waals surface area contributed by atoms with Crippen molar-refractivity contribution >= 4 is 11.6 Å². The third kappa shape index (κ3) is 67.9. The summed E-state index contributed by atoms with van der Waals surface area (Å²) in [6, 6.07) is 95.5. The molecule has 0 saturated heterocycles. The molecule has 0 fully saturated rings. The van der Waals surface area contributed by atoms with E-state index in [2.05, 4.69) is 192 Å². The van der Waals surface area contributed by atoms with Crippen molar-refractivity contribution in [1.29, 1.82) is 0 Å². The maximum absolute atomic E-state index is 12.3. The molecule has 12 aromatic carbocycles. The number of rotatable bonds is 39. The van der Waals surface area contributed by atoms with Crippen LogP contribution in [0.4, 0.5) is 4.39 Å². The number of hydrogen-bond acceptors (Lipinski definition) is 15. The second kappa shape index (κ2) is 83.7. The molecule has 0 spiro atoms. The molecule has 0 saturated carbocycles. The van der Waals surface area contributed by atoms with Crippen molar-refractivity contribution in [2.45, 2.75) is 208 Å². The van der Waals surface area contributed by atoms with Gasteiger partial charge in [-0.05, 0) is 248 Å². The van der Waals surface area contributed by atoms with Crippen molar-refractivity contribution in [3.8, 4) is 40.2 Å². The Morgan fingerprint density at radius 1 is 0.185 bits per heavy atom. The number of unbranched alkanes of at least 4 members (excludes halogenated alkanes) is 4. The minimum Gasteiger partial charge on any atom is -0.494 e. The average Bonchev–Trinajstić information content (AvgIpc) is 0.908. The zero-order valence-electron chi connectivity index (χ0n) is 85.6. The molecular weight excluding hydrogens is 1710 g/mol. The molecule has 17 heteroatoms. The minimum atomic E-state index is -0.208. The topological polar surface area (TPSA) is 138 Å². The molecule has 12 aromatic rings. The van der Waals surface area contributed by atoms with Gasteiger partial charge in [-0.25, -0.2) is 4.39 Å². The van der Waals surface area contributed by atoms with E-state index in [4.69, 9.17) is 82.7 Å². The number of methoxy groups -OCH3 is 8. The van der Waals surface area contributed by atoms with Gasteiger partial charge in [-0.15, -0.1) is 0 Å². The van der Waals surface area contributed by atoms with Gasteiger partial charge in [0.25, 0.3) is 0 Å². The van der Waals surface area contributed by atoms with Crippen molar-refractivity contribution in [3.63, 3.8) is 0 Å². The smallest absolute Gasteiger partial charge is 0.123 e. The molecule has 0 atom stereocenters. The van der Waals surface area contributed by atoms with Crippen molar-refractivity contribution in [3.05, 3.63) is 385 Å². The third-order valence-corrected chi connectivity index (χ3v) is 18.9. The summed E-state index contributed by atoms with van der Waals surface area (Å²) < 4.78 is 90.0. The van der Waals surface area contributed by atoms with Gasteiger partial charge in [0.15, 0.2) is 0 Å². The van der Waals surface area contributed by atoms with Crippen LogP contribution in [0.2, 0.25) is 5.02 Å². The second-order valence-corrected chi connectivity index (χ2v) is 31.8. The van der Waals surface area contributed by atoms with E-state index in [1.807, 2.05) is 172 Å². The van der Waals surface area contributed by atoms with E-state index in [9.17, 15) is 4.39 Å². The Labute approximate surface area is 818 Å². The fourth-order valence-electron chi connectivity index (χ4n) is 11.1. The molecule has 0 aliphatic carbocycles. The minimum absolute atomic E-state index is 0.208. The van der Waals surface area contributed by atoms with Crippen LogP contribution < -0.4 is 33.2 Å². The summed E-state index contributed by atoms with van der Waals surface area (Å²) in [6.07, 6.45) is 10.4. The molecule has 0 N–H and O–H groups in total. The summed E-state index contributed by atoms with van der Waals surface area (Å²) in [5.41, 5.74) is 18.3. The zero-order chi connectivity index (χ0) is 99.4. The lowest BCUT2D eigenvalue weighted by Crippen LogP contribution is -1.96. The lowest BCUT2D eigenvalue weighted by molar-refractivity contribution is 0.185. The van der Waals surface area contributed by atoms with Gasteiger partial charge in [0.2, 0.25) is 0 Å². The van der Waals surface area contributed by atoms with Crippen molar-refractivity contribution in [1.82, 2.24) is 0 Å². The Hall–Kier alpha value is -10.9. The quantitative estimate of drug-likeness (QED) is 0.0338. The lowest BCUT2D eigenvalue weighted by Gasteiger charge is -2.05. The Kier molecular flexibility index (Phi) is 75.7. The highest BCUT2D eigenvalue weighted by Crippen LogP contribution is 2.20. The number of hydrogen-bond donors (Lipinski definition) is 0. The van der Waals surface area contributed by atoms with Gasteiger partial charge < -0.3 is 71.1 Å². The van der Waals surface area contributed by atoms with Crippen LogP contribution in [0.25, 0.3) is 0 Å². The lowest BCUT2D eigenvalue weighted by atomic mass is 10.2. The van der Waals surface area contributed by atoms with E-state index in [-0.39, 0.29) is 5.82 Å². The molecule has 0 aliphatic rings. The first-order chi connectivity index (χ1) is 65.5. The molecule has 0 amide bonds. The summed E-state index contributed by atoms with van der Waals surface area (Å²) in [5.74, 6) is 6.47. The largest absolute Gasteiger partial charge is 0.494 e. The first kappa shape index (κ1) is 122. The van der Waals surface area contributed by atoms with Crippen LogP contribution in [0.5, 0.6) is 40.2 Å². The van der Waals surface area contributed by atoms with Crippen LogP contribution >= 0.6 is 11.6 Å². The van der Waals surface area contributed by atoms with Crippen LogP contribution in [0.3, 0.4) is 0 Å². The molecule has 15 nitrogen and oxygen atoms in total. The monoisotopic (exact) mass is 1870 g/mol. The Bertz CT molecular complexity index is 4230. The molecule has 0 heterocycles. The highest BCUT2D eigenvalue weighted by Gasteiger charge is 2.02. The molecule has 0 radical (unpaired) electrons. The van der Waals surface area contributed by atoms with Crippen molar-refractivity contribution in [2.24, 2.45) is 0 Å². The molecule has 0 aromatic heterocycles. The Balaban J connectivity index is 0.000000738. The van der Waals surface area contributed by atoms with E-state index in [0.29, 0.717) is 59.5 Å². The zero-order valence-corrected chi connectivity index (χ0v) is 86.3. The first-order valence-corrected chi connectivity index (χ1v) is 47.4. The first-order valence-electron chi connectivity index (χ1n) is 47.0. The molecule has 0 aliphatic heterocycles. The predicted molar refractivity (Wildman–Crippen MR) is 561 cm³/mol. The summed E-state index contributed by atoms with van der Waals surface area (Å²) in [6.45, 7) is 40.1. The van der Waals surface area contributed by atoms with Gasteiger partial charge >= 0.3 is 0 Å². The number of halogens is 2. The molecule has 0 bridgehead atoms. The highest BCUT2D eigenvalue weighted by molar-refractivity contribution is 6.30. The summed E-state index contributed by atoms with van der Waals surface area (Å²) >= 11 is 5.67.